The number of carboxylic acids is 1. The number of sulfonamides is 1. The number of hydrogen-bond donors (Lipinski definition) is 2. The topological polar surface area (TPSA) is 95.9 Å². The lowest BCUT2D eigenvalue weighted by molar-refractivity contribution is -0.134. The fourth-order valence-corrected chi connectivity index (χ4v) is 6.73. The highest BCUT2D eigenvalue weighted by Crippen LogP contribution is 2.62. The van der Waals surface area contributed by atoms with Crippen molar-refractivity contribution in [2.75, 3.05) is 17.7 Å². The summed E-state index contributed by atoms with van der Waals surface area (Å²) in [7, 11) is -3.82. The van der Waals surface area contributed by atoms with Gasteiger partial charge in [-0.25, -0.2) is 17.9 Å². The summed E-state index contributed by atoms with van der Waals surface area (Å²) in [6, 6.07) is 2.95. The van der Waals surface area contributed by atoms with Gasteiger partial charge in [0, 0.05) is 24.2 Å². The van der Waals surface area contributed by atoms with E-state index < -0.39 is 21.8 Å². The van der Waals surface area contributed by atoms with Gasteiger partial charge >= 0.3 is 5.97 Å². The van der Waals surface area contributed by atoms with E-state index in [9.17, 15) is 17.6 Å². The van der Waals surface area contributed by atoms with E-state index in [-0.39, 0.29) is 22.2 Å². The fraction of sp³-hybridized carbons (Fsp3) is 0.550. The quantitative estimate of drug-likeness (QED) is 0.368. The Morgan fingerprint density at radius 2 is 2.13 bits per heavy atom. The number of benzene rings is 1. The standard InChI is InChI=1S/C20H25FN2O5S2/c1-3-4-13-10-23(20-7-12(8-20)9-20)15-5-17(29-2)16(28-11-14(21)19(24)25)6-18(15)30(26,27)22-13/h5-6,11-13,22H,3-4,7-10H2,1-2H3,(H,24,25)/b14-11-/t12?,13-,20?/m1/s1. The molecule has 0 spiro atoms. The number of aliphatic carboxylic acids is 1. The molecule has 0 saturated heterocycles. The van der Waals surface area contributed by atoms with Crippen molar-refractivity contribution < 1.29 is 27.4 Å². The van der Waals surface area contributed by atoms with Crippen LogP contribution in [-0.2, 0) is 14.8 Å². The second-order valence-electron chi connectivity index (χ2n) is 8.28. The molecule has 5 rings (SSSR count). The van der Waals surface area contributed by atoms with Crippen LogP contribution in [-0.4, -0.2) is 43.9 Å². The van der Waals surface area contributed by atoms with Crippen LogP contribution in [0.4, 0.5) is 10.1 Å². The van der Waals surface area contributed by atoms with Crippen molar-refractivity contribution >= 4 is 33.4 Å². The highest BCUT2D eigenvalue weighted by Gasteiger charge is 2.61. The molecule has 1 atom stereocenters. The highest BCUT2D eigenvalue weighted by atomic mass is 32.2. The minimum atomic E-state index is -3.82. The number of halogens is 1. The second-order valence-corrected chi connectivity index (χ2v) is 10.8. The first-order valence-corrected chi connectivity index (χ1v) is 12.7. The molecule has 1 aliphatic heterocycles. The zero-order valence-corrected chi connectivity index (χ0v) is 18.5. The highest BCUT2D eigenvalue weighted by molar-refractivity contribution is 7.98. The smallest absolute Gasteiger partial charge is 0.368 e. The predicted molar refractivity (Wildman–Crippen MR) is 112 cm³/mol. The molecule has 3 fully saturated rings. The van der Waals surface area contributed by atoms with Gasteiger partial charge in [0.1, 0.15) is 16.9 Å². The Labute approximate surface area is 179 Å². The average molecular weight is 457 g/mol. The molecule has 1 aromatic rings. The third-order valence-corrected chi connectivity index (χ3v) is 8.57. The van der Waals surface area contributed by atoms with Crippen LogP contribution in [0.25, 0.3) is 0 Å². The molecule has 2 bridgehead atoms. The van der Waals surface area contributed by atoms with Gasteiger partial charge in [-0.3, -0.25) is 0 Å². The molecular weight excluding hydrogens is 431 g/mol. The van der Waals surface area contributed by atoms with Crippen LogP contribution in [0, 0.1) is 5.92 Å². The molecule has 10 heteroatoms. The number of thioether (sulfide) groups is 1. The zero-order valence-electron chi connectivity index (χ0n) is 16.9. The molecule has 3 saturated carbocycles. The van der Waals surface area contributed by atoms with Gasteiger partial charge in [0.25, 0.3) is 0 Å². The van der Waals surface area contributed by atoms with Gasteiger partial charge < -0.3 is 14.7 Å². The zero-order chi connectivity index (χ0) is 21.7. The van der Waals surface area contributed by atoms with Crippen LogP contribution in [0.5, 0.6) is 5.75 Å². The molecule has 7 nitrogen and oxygen atoms in total. The summed E-state index contributed by atoms with van der Waals surface area (Å²) >= 11 is 1.33. The third-order valence-electron chi connectivity index (χ3n) is 6.26. The summed E-state index contributed by atoms with van der Waals surface area (Å²) < 4.78 is 47.8. The molecule has 0 amide bonds. The van der Waals surface area contributed by atoms with Crippen LogP contribution in [0.15, 0.2) is 34.0 Å². The van der Waals surface area contributed by atoms with Crippen LogP contribution in [0.1, 0.15) is 39.0 Å². The average Bonchev–Trinajstić information content (AvgIpc) is 2.71. The minimum Gasteiger partial charge on any atom is -0.476 e. The van der Waals surface area contributed by atoms with E-state index in [1.807, 2.05) is 6.92 Å². The monoisotopic (exact) mass is 456 g/mol. The first-order chi connectivity index (χ1) is 14.2. The molecule has 3 aliphatic carbocycles. The van der Waals surface area contributed by atoms with Crippen LogP contribution >= 0.6 is 11.8 Å². The number of fused-ring (bicyclic) bond motifs is 1. The largest absolute Gasteiger partial charge is 0.476 e. The summed E-state index contributed by atoms with van der Waals surface area (Å²) in [6.45, 7) is 2.63. The number of rotatable bonds is 7. The molecule has 0 aromatic heterocycles. The van der Waals surface area contributed by atoms with Crippen LogP contribution in [0.3, 0.4) is 0 Å². The van der Waals surface area contributed by atoms with E-state index in [0.717, 1.165) is 38.0 Å². The van der Waals surface area contributed by atoms with Crippen molar-refractivity contribution in [2.45, 2.75) is 60.4 Å². The van der Waals surface area contributed by atoms with Gasteiger partial charge in [0.2, 0.25) is 15.9 Å². The van der Waals surface area contributed by atoms with Gasteiger partial charge in [-0.2, -0.15) is 4.39 Å². The normalized spacial score (nSPS) is 29.3. The number of nitrogens with one attached hydrogen (secondary N) is 1. The molecule has 4 aliphatic rings. The summed E-state index contributed by atoms with van der Waals surface area (Å²) in [5.74, 6) is -2.37. The predicted octanol–water partition coefficient (Wildman–Crippen LogP) is 3.50. The van der Waals surface area contributed by atoms with Crippen molar-refractivity contribution in [3.63, 3.8) is 0 Å². The Morgan fingerprint density at radius 3 is 2.67 bits per heavy atom. The number of nitrogens with zero attached hydrogens (tertiary/aromatic N) is 1. The molecule has 164 valence electrons. The maximum atomic E-state index is 13.4. The lowest BCUT2D eigenvalue weighted by Gasteiger charge is -2.67. The maximum Gasteiger partial charge on any atom is 0.368 e. The van der Waals surface area contributed by atoms with Crippen molar-refractivity contribution in [2.24, 2.45) is 5.92 Å². The van der Waals surface area contributed by atoms with Gasteiger partial charge in [0.05, 0.1) is 10.6 Å². The lowest BCUT2D eigenvalue weighted by atomic mass is 9.49. The van der Waals surface area contributed by atoms with Crippen molar-refractivity contribution in [1.82, 2.24) is 4.72 Å². The summed E-state index contributed by atoms with van der Waals surface area (Å²) in [5, 5.41) is 8.70. The van der Waals surface area contributed by atoms with Crippen LogP contribution in [0.2, 0.25) is 0 Å². The molecule has 0 radical (unpaired) electrons. The number of hydrogen-bond acceptors (Lipinski definition) is 6. The molecular formula is C20H25FN2O5S2. The molecule has 2 N–H and O–H groups in total. The Morgan fingerprint density at radius 1 is 1.43 bits per heavy atom. The summed E-state index contributed by atoms with van der Waals surface area (Å²) in [4.78, 5) is 13.7. The summed E-state index contributed by atoms with van der Waals surface area (Å²) in [6.07, 6.45) is 7.10. The Bertz CT molecular complexity index is 994. The summed E-state index contributed by atoms with van der Waals surface area (Å²) in [5.41, 5.74) is 0.652. The van der Waals surface area contributed by atoms with Gasteiger partial charge in [0.15, 0.2) is 0 Å². The Kier molecular flexibility index (Phi) is 5.52. The maximum absolute atomic E-state index is 13.4. The van der Waals surface area contributed by atoms with E-state index in [1.54, 1.807) is 12.3 Å². The SMILES string of the molecule is CCC[C@@H]1CN(C23CC(C2)C3)c2cc(SC)c(O/C=C(\F)C(=O)O)cc2S(=O)(=O)N1. The van der Waals surface area contributed by atoms with Crippen molar-refractivity contribution in [3.05, 3.63) is 24.2 Å². The van der Waals surface area contributed by atoms with Gasteiger partial charge in [-0.1, -0.05) is 13.3 Å². The first-order valence-electron chi connectivity index (χ1n) is 9.96. The van der Waals surface area contributed by atoms with Gasteiger partial charge in [-0.05, 0) is 43.9 Å². The van der Waals surface area contributed by atoms with E-state index in [2.05, 4.69) is 9.62 Å². The molecule has 0 unspecified atom stereocenters. The van der Waals surface area contributed by atoms with E-state index >= 15 is 0 Å². The number of anilines is 1. The Hall–Kier alpha value is -1.78. The van der Waals surface area contributed by atoms with Gasteiger partial charge in [-0.15, -0.1) is 11.8 Å². The number of carboxylic acid groups (broad SMARTS) is 1. The van der Waals surface area contributed by atoms with Crippen LogP contribution < -0.4 is 14.4 Å². The van der Waals surface area contributed by atoms with Crippen molar-refractivity contribution in [1.29, 1.82) is 0 Å². The molecule has 1 aromatic carbocycles. The lowest BCUT2D eigenvalue weighted by Crippen LogP contribution is -2.69. The fourth-order valence-electron chi connectivity index (χ4n) is 4.72. The minimum absolute atomic E-state index is 0.0142. The first kappa shape index (κ1) is 21.5. The molecule has 30 heavy (non-hydrogen) atoms. The van der Waals surface area contributed by atoms with E-state index in [1.165, 1.54) is 17.8 Å². The third kappa shape index (κ3) is 3.58. The number of carbonyl (C=O) groups is 1. The molecule has 1 heterocycles. The van der Waals surface area contributed by atoms with E-state index in [4.69, 9.17) is 9.84 Å². The Balaban J connectivity index is 1.81. The van der Waals surface area contributed by atoms with Crippen molar-refractivity contribution in [3.8, 4) is 5.75 Å². The van der Waals surface area contributed by atoms with E-state index in [0.29, 0.717) is 23.4 Å². The second kappa shape index (κ2) is 7.72. The number of ether oxygens (including phenoxy) is 1.